The Morgan fingerprint density at radius 1 is 0.436 bits per heavy atom. The van der Waals surface area contributed by atoms with E-state index in [4.69, 9.17) is 28.4 Å². The van der Waals surface area contributed by atoms with Crippen LogP contribution in [0.5, 0.6) is 17.2 Å². The Morgan fingerprint density at radius 3 is 0.872 bits per heavy atom. The smallest absolute Gasteiger partial charge is 0.118 e. The van der Waals surface area contributed by atoms with Crippen molar-refractivity contribution in [3.05, 3.63) is 89.5 Å². The minimum atomic E-state index is -1.31. The second kappa shape index (κ2) is 13.7. The molecule has 0 aromatic heterocycles. The minimum absolute atomic E-state index is 0.120. The van der Waals surface area contributed by atoms with E-state index in [1.807, 2.05) is 36.4 Å². The molecule has 3 aromatic rings. The van der Waals surface area contributed by atoms with E-state index in [0.717, 1.165) is 16.7 Å². The molecule has 0 radical (unpaired) electrons. The van der Waals surface area contributed by atoms with Gasteiger partial charge in [-0.25, -0.2) is 0 Å². The highest BCUT2D eigenvalue weighted by molar-refractivity contribution is 5.28. The molecule has 0 bridgehead atoms. The average molecular weight is 541 g/mol. The van der Waals surface area contributed by atoms with Crippen LogP contribution in [0.15, 0.2) is 72.8 Å². The summed E-state index contributed by atoms with van der Waals surface area (Å²) in [4.78, 5) is 0. The third-order valence-electron chi connectivity index (χ3n) is 6.82. The van der Waals surface area contributed by atoms with E-state index in [1.54, 1.807) is 57.7 Å². The van der Waals surface area contributed by atoms with Gasteiger partial charge in [0.2, 0.25) is 0 Å². The zero-order chi connectivity index (χ0) is 27.8. The molecule has 3 aromatic carbocycles. The van der Waals surface area contributed by atoms with Crippen LogP contribution < -0.4 is 14.2 Å². The summed E-state index contributed by atoms with van der Waals surface area (Å²) < 4.78 is 33.6. The topological polar surface area (TPSA) is 116 Å². The van der Waals surface area contributed by atoms with Crippen LogP contribution in [-0.2, 0) is 34.0 Å². The lowest BCUT2D eigenvalue weighted by molar-refractivity contribution is -0.261. The van der Waals surface area contributed by atoms with Crippen molar-refractivity contribution in [2.75, 3.05) is 21.3 Å². The second-order valence-electron chi connectivity index (χ2n) is 9.34. The van der Waals surface area contributed by atoms with Crippen LogP contribution in [0.1, 0.15) is 16.7 Å². The summed E-state index contributed by atoms with van der Waals surface area (Å²) in [5.74, 6) is 2.12. The first-order chi connectivity index (χ1) is 18.9. The van der Waals surface area contributed by atoms with Crippen molar-refractivity contribution < 1.29 is 43.7 Å². The number of aliphatic hydroxyl groups excluding tert-OH is 3. The van der Waals surface area contributed by atoms with Gasteiger partial charge in [0.05, 0.1) is 41.2 Å². The lowest BCUT2D eigenvalue weighted by Crippen LogP contribution is -2.65. The molecule has 39 heavy (non-hydrogen) atoms. The van der Waals surface area contributed by atoms with Crippen LogP contribution in [0, 0.1) is 0 Å². The molecule has 1 aliphatic carbocycles. The number of rotatable bonds is 12. The Labute approximate surface area is 228 Å². The van der Waals surface area contributed by atoms with Crippen molar-refractivity contribution >= 4 is 0 Å². The predicted molar refractivity (Wildman–Crippen MR) is 143 cm³/mol. The van der Waals surface area contributed by atoms with Gasteiger partial charge in [-0.2, -0.15) is 0 Å². The van der Waals surface area contributed by atoms with Crippen LogP contribution in [0.4, 0.5) is 0 Å². The molecular formula is C30H36O9. The summed E-state index contributed by atoms with van der Waals surface area (Å²) in [5.41, 5.74) is 2.48. The van der Waals surface area contributed by atoms with Gasteiger partial charge >= 0.3 is 0 Å². The number of benzene rings is 3. The molecule has 0 atom stereocenters. The van der Waals surface area contributed by atoms with Gasteiger partial charge in [-0.15, -0.1) is 0 Å². The van der Waals surface area contributed by atoms with Gasteiger partial charge < -0.3 is 43.7 Å². The summed E-state index contributed by atoms with van der Waals surface area (Å²) in [5, 5.41) is 33.5. The van der Waals surface area contributed by atoms with Gasteiger partial charge in [0.1, 0.15) is 53.9 Å². The molecule has 0 unspecified atom stereocenters. The Balaban J connectivity index is 1.49. The van der Waals surface area contributed by atoms with Crippen molar-refractivity contribution in [3.63, 3.8) is 0 Å². The van der Waals surface area contributed by atoms with Crippen LogP contribution in [0.2, 0.25) is 0 Å². The van der Waals surface area contributed by atoms with Gasteiger partial charge in [0, 0.05) is 0 Å². The molecule has 0 saturated heterocycles. The second-order valence-corrected chi connectivity index (χ2v) is 9.34. The molecule has 3 N–H and O–H groups in total. The highest BCUT2D eigenvalue weighted by atomic mass is 16.6. The van der Waals surface area contributed by atoms with Crippen LogP contribution in [-0.4, -0.2) is 73.3 Å². The summed E-state index contributed by atoms with van der Waals surface area (Å²) in [6, 6.07) is 21.8. The Bertz CT molecular complexity index is 976. The van der Waals surface area contributed by atoms with Gasteiger partial charge in [0.25, 0.3) is 0 Å². The Morgan fingerprint density at radius 2 is 0.667 bits per heavy atom. The molecule has 210 valence electrons. The molecule has 4 rings (SSSR count). The fraction of sp³-hybridized carbons (Fsp3) is 0.400. The number of ether oxygens (including phenoxy) is 6. The third kappa shape index (κ3) is 7.27. The zero-order valence-corrected chi connectivity index (χ0v) is 22.3. The lowest BCUT2D eigenvalue weighted by atomic mass is 9.84. The summed E-state index contributed by atoms with van der Waals surface area (Å²) in [7, 11) is 4.76. The average Bonchev–Trinajstić information content (AvgIpc) is 2.97. The number of hydrogen-bond acceptors (Lipinski definition) is 9. The molecule has 0 aliphatic heterocycles. The minimum Gasteiger partial charge on any atom is -0.497 e. The molecular weight excluding hydrogens is 504 g/mol. The van der Waals surface area contributed by atoms with Crippen molar-refractivity contribution in [2.24, 2.45) is 0 Å². The van der Waals surface area contributed by atoms with Crippen LogP contribution in [0.25, 0.3) is 0 Å². The number of hydrogen-bond donors (Lipinski definition) is 3. The van der Waals surface area contributed by atoms with Crippen LogP contribution >= 0.6 is 0 Å². The highest BCUT2D eigenvalue weighted by Crippen LogP contribution is 2.30. The van der Waals surface area contributed by atoms with Gasteiger partial charge in [-0.05, 0) is 53.1 Å². The van der Waals surface area contributed by atoms with E-state index in [9.17, 15) is 15.3 Å². The first-order valence-electron chi connectivity index (χ1n) is 12.7. The third-order valence-corrected chi connectivity index (χ3v) is 6.82. The number of methoxy groups -OCH3 is 3. The standard InChI is InChI=1S/C30H36O9/c1-34-22-10-4-19(5-11-22)16-37-28-25(31)29(38-17-20-6-12-23(35-2)13-7-20)27(33)30(26(28)32)39-18-21-8-14-24(36-3)15-9-21/h4-15,25-33H,16-18H2,1-3H3. The summed E-state index contributed by atoms with van der Waals surface area (Å²) in [6.45, 7) is 0.361. The summed E-state index contributed by atoms with van der Waals surface area (Å²) in [6.07, 6.45) is -7.15. The van der Waals surface area contributed by atoms with Crippen molar-refractivity contribution in [1.82, 2.24) is 0 Å². The van der Waals surface area contributed by atoms with E-state index >= 15 is 0 Å². The van der Waals surface area contributed by atoms with Crippen molar-refractivity contribution in [3.8, 4) is 17.2 Å². The van der Waals surface area contributed by atoms with E-state index in [-0.39, 0.29) is 19.8 Å². The Kier molecular flexibility index (Phi) is 10.2. The van der Waals surface area contributed by atoms with Gasteiger partial charge in [-0.3, -0.25) is 0 Å². The van der Waals surface area contributed by atoms with E-state index in [1.165, 1.54) is 0 Å². The zero-order valence-electron chi connectivity index (χ0n) is 22.3. The molecule has 1 aliphatic rings. The fourth-order valence-corrected chi connectivity index (χ4v) is 4.50. The van der Waals surface area contributed by atoms with E-state index in [2.05, 4.69) is 0 Å². The maximum atomic E-state index is 11.2. The van der Waals surface area contributed by atoms with Crippen LogP contribution in [0.3, 0.4) is 0 Å². The lowest BCUT2D eigenvalue weighted by Gasteiger charge is -2.45. The van der Waals surface area contributed by atoms with Crippen molar-refractivity contribution in [1.29, 1.82) is 0 Å². The Hall–Kier alpha value is -3.18. The normalized spacial score (nSPS) is 24.8. The maximum Gasteiger partial charge on any atom is 0.118 e. The molecule has 1 fully saturated rings. The molecule has 9 nitrogen and oxygen atoms in total. The first kappa shape index (κ1) is 28.8. The number of aliphatic hydroxyl groups is 3. The van der Waals surface area contributed by atoms with E-state index in [0.29, 0.717) is 17.2 Å². The monoisotopic (exact) mass is 540 g/mol. The largest absolute Gasteiger partial charge is 0.497 e. The molecule has 9 heteroatoms. The highest BCUT2D eigenvalue weighted by Gasteiger charge is 2.51. The van der Waals surface area contributed by atoms with Crippen molar-refractivity contribution in [2.45, 2.75) is 56.4 Å². The fourth-order valence-electron chi connectivity index (χ4n) is 4.50. The summed E-state index contributed by atoms with van der Waals surface area (Å²) >= 11 is 0. The molecule has 0 heterocycles. The molecule has 1 saturated carbocycles. The van der Waals surface area contributed by atoms with E-state index < -0.39 is 36.6 Å². The molecule has 0 amide bonds. The SMILES string of the molecule is COc1ccc(COC2C(O)C(OCc3ccc(OC)cc3)C(O)C(OCc3ccc(OC)cc3)C2O)cc1. The first-order valence-corrected chi connectivity index (χ1v) is 12.7. The molecule has 0 spiro atoms. The van der Waals surface area contributed by atoms with Gasteiger partial charge in [-0.1, -0.05) is 36.4 Å². The predicted octanol–water partition coefficient (Wildman–Crippen LogP) is 2.86. The maximum absolute atomic E-state index is 11.2. The quantitative estimate of drug-likeness (QED) is 0.319. The van der Waals surface area contributed by atoms with Gasteiger partial charge in [0.15, 0.2) is 0 Å².